The van der Waals surface area contributed by atoms with Gasteiger partial charge in [0.1, 0.15) is 6.07 Å². The molecule has 3 rings (SSSR count). The molecular formula is C21H25N7. The summed E-state index contributed by atoms with van der Waals surface area (Å²) in [6.45, 7) is 9.25. The number of nitrogens with two attached hydrogens (primary N) is 1. The van der Waals surface area contributed by atoms with Gasteiger partial charge in [0, 0.05) is 61.0 Å². The molecule has 2 N–H and O–H groups in total. The van der Waals surface area contributed by atoms with Crippen LogP contribution in [0.5, 0.6) is 0 Å². The van der Waals surface area contributed by atoms with E-state index in [0.29, 0.717) is 12.2 Å². The molecule has 0 spiro atoms. The van der Waals surface area contributed by atoms with Crippen molar-refractivity contribution in [2.75, 3.05) is 18.5 Å². The molecule has 0 bridgehead atoms. The van der Waals surface area contributed by atoms with Crippen molar-refractivity contribution >= 4 is 17.1 Å². The van der Waals surface area contributed by atoms with Crippen molar-refractivity contribution in [2.45, 2.75) is 40.7 Å². The van der Waals surface area contributed by atoms with Crippen molar-refractivity contribution < 1.29 is 0 Å². The standard InChI is InChI=1S/C21H25N7/c1-12-13(2)21(27-26-19(12)9-22)28-7-6-18-17(11-28)8-16(10-25-18)20(14(3)23)15(4)24-5/h8,10H,6-7,11,23H2,1-5H3/b20-14+,24-15?. The Morgan fingerprint density at radius 1 is 1.25 bits per heavy atom. The van der Waals surface area contributed by atoms with Gasteiger partial charge in [-0.2, -0.15) is 5.26 Å². The van der Waals surface area contributed by atoms with E-state index in [0.717, 1.165) is 63.7 Å². The average molecular weight is 375 g/mol. The van der Waals surface area contributed by atoms with Crippen LogP contribution in [-0.4, -0.2) is 34.5 Å². The lowest BCUT2D eigenvalue weighted by Crippen LogP contribution is -2.32. The van der Waals surface area contributed by atoms with Gasteiger partial charge in [0.05, 0.1) is 0 Å². The molecule has 0 radical (unpaired) electrons. The predicted molar refractivity (Wildman–Crippen MR) is 111 cm³/mol. The van der Waals surface area contributed by atoms with Crippen LogP contribution in [0.2, 0.25) is 0 Å². The van der Waals surface area contributed by atoms with Gasteiger partial charge in [-0.05, 0) is 50.5 Å². The number of nitrogens with zero attached hydrogens (tertiary/aromatic N) is 6. The third-order valence-corrected chi connectivity index (χ3v) is 5.32. The van der Waals surface area contributed by atoms with E-state index in [-0.39, 0.29) is 0 Å². The summed E-state index contributed by atoms with van der Waals surface area (Å²) in [7, 11) is 1.76. The van der Waals surface area contributed by atoms with Gasteiger partial charge in [-0.25, -0.2) is 0 Å². The van der Waals surface area contributed by atoms with Crippen molar-refractivity contribution in [3.63, 3.8) is 0 Å². The molecule has 0 amide bonds. The molecule has 3 heterocycles. The topological polar surface area (TPSA) is 104 Å². The molecule has 2 aromatic heterocycles. The highest BCUT2D eigenvalue weighted by atomic mass is 15.3. The molecule has 1 aliphatic rings. The van der Waals surface area contributed by atoms with E-state index in [1.54, 1.807) is 7.05 Å². The second kappa shape index (κ2) is 7.77. The molecule has 144 valence electrons. The Labute approximate surface area is 165 Å². The van der Waals surface area contributed by atoms with Crippen molar-refractivity contribution in [1.82, 2.24) is 15.2 Å². The Morgan fingerprint density at radius 3 is 2.64 bits per heavy atom. The molecule has 0 unspecified atom stereocenters. The highest BCUT2D eigenvalue weighted by molar-refractivity contribution is 6.23. The van der Waals surface area contributed by atoms with Gasteiger partial charge < -0.3 is 10.6 Å². The lowest BCUT2D eigenvalue weighted by atomic mass is 9.96. The number of pyridine rings is 1. The second-order valence-corrected chi connectivity index (χ2v) is 7.10. The summed E-state index contributed by atoms with van der Waals surface area (Å²) < 4.78 is 0. The van der Waals surface area contributed by atoms with Crippen molar-refractivity contribution in [3.05, 3.63) is 51.6 Å². The highest BCUT2D eigenvalue weighted by Crippen LogP contribution is 2.28. The maximum absolute atomic E-state index is 9.17. The minimum atomic E-state index is 0.380. The number of aliphatic imine (C=N–C) groups is 1. The summed E-state index contributed by atoms with van der Waals surface area (Å²) in [5.41, 5.74) is 14.1. The fourth-order valence-electron chi connectivity index (χ4n) is 3.58. The molecule has 0 aliphatic carbocycles. The van der Waals surface area contributed by atoms with Crippen LogP contribution in [0.4, 0.5) is 5.82 Å². The van der Waals surface area contributed by atoms with E-state index >= 15 is 0 Å². The summed E-state index contributed by atoms with van der Waals surface area (Å²) >= 11 is 0. The quantitative estimate of drug-likeness (QED) is 0.827. The highest BCUT2D eigenvalue weighted by Gasteiger charge is 2.23. The Bertz CT molecular complexity index is 1020. The number of rotatable bonds is 3. The Balaban J connectivity index is 1.99. The first-order chi connectivity index (χ1) is 13.4. The third-order valence-electron chi connectivity index (χ3n) is 5.32. The van der Waals surface area contributed by atoms with E-state index in [9.17, 15) is 0 Å². The number of anilines is 1. The first-order valence-corrected chi connectivity index (χ1v) is 9.24. The van der Waals surface area contributed by atoms with Gasteiger partial charge in [0.25, 0.3) is 0 Å². The molecule has 0 saturated heterocycles. The summed E-state index contributed by atoms with van der Waals surface area (Å²) in [5.74, 6) is 0.824. The number of hydrogen-bond acceptors (Lipinski definition) is 7. The summed E-state index contributed by atoms with van der Waals surface area (Å²) in [4.78, 5) is 11.2. The number of hydrogen-bond donors (Lipinski definition) is 1. The molecule has 28 heavy (non-hydrogen) atoms. The van der Waals surface area contributed by atoms with Crippen molar-refractivity contribution in [3.8, 4) is 6.07 Å². The molecule has 7 nitrogen and oxygen atoms in total. The number of allylic oxidation sites excluding steroid dienone is 2. The average Bonchev–Trinajstić information content (AvgIpc) is 2.69. The van der Waals surface area contributed by atoms with Crippen molar-refractivity contribution in [2.24, 2.45) is 10.7 Å². The lowest BCUT2D eigenvalue weighted by Gasteiger charge is -2.30. The molecule has 0 fully saturated rings. The molecule has 1 aliphatic heterocycles. The van der Waals surface area contributed by atoms with Crippen LogP contribution in [0.3, 0.4) is 0 Å². The molecule has 0 aromatic carbocycles. The minimum absolute atomic E-state index is 0.380. The minimum Gasteiger partial charge on any atom is -0.402 e. The number of fused-ring (bicyclic) bond motifs is 1. The van der Waals surface area contributed by atoms with Gasteiger partial charge in [-0.3, -0.25) is 9.98 Å². The Hall–Kier alpha value is -3.27. The molecule has 2 aromatic rings. The monoisotopic (exact) mass is 375 g/mol. The maximum Gasteiger partial charge on any atom is 0.166 e. The Morgan fingerprint density at radius 2 is 2.00 bits per heavy atom. The Kier molecular flexibility index (Phi) is 5.41. The number of nitriles is 1. The van der Waals surface area contributed by atoms with E-state index in [4.69, 9.17) is 11.0 Å². The second-order valence-electron chi connectivity index (χ2n) is 7.10. The fourth-order valence-corrected chi connectivity index (χ4v) is 3.58. The largest absolute Gasteiger partial charge is 0.402 e. The van der Waals surface area contributed by atoms with E-state index < -0.39 is 0 Å². The van der Waals surface area contributed by atoms with Crippen LogP contribution in [0.25, 0.3) is 5.57 Å². The third kappa shape index (κ3) is 3.46. The first kappa shape index (κ1) is 19.5. The lowest BCUT2D eigenvalue weighted by molar-refractivity contribution is 0.691. The van der Waals surface area contributed by atoms with Crippen LogP contribution in [0, 0.1) is 25.2 Å². The molecule has 7 heteroatoms. The summed E-state index contributed by atoms with van der Waals surface area (Å²) in [5, 5.41) is 17.6. The number of aromatic nitrogens is 3. The van der Waals surface area contributed by atoms with Gasteiger partial charge in [0.15, 0.2) is 11.5 Å². The van der Waals surface area contributed by atoms with Gasteiger partial charge >= 0.3 is 0 Å². The predicted octanol–water partition coefficient (Wildman–Crippen LogP) is 2.70. The van der Waals surface area contributed by atoms with Crippen LogP contribution in [0.1, 0.15) is 47.5 Å². The van der Waals surface area contributed by atoms with Gasteiger partial charge in [0.2, 0.25) is 0 Å². The van der Waals surface area contributed by atoms with Crippen LogP contribution in [0.15, 0.2) is 23.0 Å². The zero-order chi connectivity index (χ0) is 20.4. The van der Waals surface area contributed by atoms with Crippen LogP contribution >= 0.6 is 0 Å². The van der Waals surface area contributed by atoms with Gasteiger partial charge in [-0.1, -0.05) is 0 Å². The summed E-state index contributed by atoms with van der Waals surface area (Å²) in [6, 6.07) is 4.25. The SMILES string of the molecule is CN=C(C)/C(=C(/C)N)c1cnc2c(c1)CN(c1nnc(C#N)c(C)c1C)CC2. The first-order valence-electron chi connectivity index (χ1n) is 9.24. The maximum atomic E-state index is 9.17. The zero-order valence-corrected chi connectivity index (χ0v) is 17.0. The van der Waals surface area contributed by atoms with E-state index in [1.807, 2.05) is 33.9 Å². The smallest absolute Gasteiger partial charge is 0.166 e. The van der Waals surface area contributed by atoms with E-state index in [2.05, 4.69) is 37.2 Å². The molecule has 0 saturated carbocycles. The zero-order valence-electron chi connectivity index (χ0n) is 17.0. The fraction of sp³-hybridized carbons (Fsp3) is 0.381. The normalized spacial score (nSPS) is 15.0. The van der Waals surface area contributed by atoms with Crippen LogP contribution < -0.4 is 10.6 Å². The summed E-state index contributed by atoms with van der Waals surface area (Å²) in [6.07, 6.45) is 2.71. The van der Waals surface area contributed by atoms with E-state index in [1.165, 1.54) is 0 Å². The van der Waals surface area contributed by atoms with Gasteiger partial charge in [-0.15, -0.1) is 10.2 Å². The molecular weight excluding hydrogens is 350 g/mol. The van der Waals surface area contributed by atoms with Crippen molar-refractivity contribution in [1.29, 1.82) is 5.26 Å². The van der Waals surface area contributed by atoms with Crippen LogP contribution in [-0.2, 0) is 13.0 Å². The molecule has 0 atom stereocenters.